The molecule has 3 heterocycles. The second-order valence-corrected chi connectivity index (χ2v) is 6.51. The third-order valence-corrected chi connectivity index (χ3v) is 4.81. The zero-order chi connectivity index (χ0) is 17.1. The van der Waals surface area contributed by atoms with Crippen LogP contribution in [0.2, 0.25) is 0 Å². The third kappa shape index (κ3) is 3.52. The highest BCUT2D eigenvalue weighted by Gasteiger charge is 2.25. The Hall–Kier alpha value is -2.76. The van der Waals surface area contributed by atoms with Crippen molar-refractivity contribution in [3.8, 4) is 0 Å². The predicted molar refractivity (Wildman–Crippen MR) is 95.0 cm³/mol. The van der Waals surface area contributed by atoms with Crippen molar-refractivity contribution in [3.05, 3.63) is 54.4 Å². The van der Waals surface area contributed by atoms with E-state index in [9.17, 15) is 4.79 Å². The molecule has 0 aliphatic carbocycles. The van der Waals surface area contributed by atoms with Gasteiger partial charge in [0.05, 0.1) is 11.0 Å². The summed E-state index contributed by atoms with van der Waals surface area (Å²) in [5, 5.41) is 0. The molecule has 1 aliphatic rings. The highest BCUT2D eigenvalue weighted by molar-refractivity contribution is 5.77. The van der Waals surface area contributed by atoms with Gasteiger partial charge in [-0.1, -0.05) is 12.1 Å². The van der Waals surface area contributed by atoms with E-state index < -0.39 is 0 Å². The molecule has 6 heteroatoms. The minimum absolute atomic E-state index is 0.194. The lowest BCUT2D eigenvalue weighted by molar-refractivity contribution is -0.132. The van der Waals surface area contributed by atoms with Crippen molar-refractivity contribution >= 4 is 16.9 Å². The molecule has 1 atom stereocenters. The normalized spacial score (nSPS) is 17.8. The van der Waals surface area contributed by atoms with Crippen molar-refractivity contribution in [3.63, 3.8) is 0 Å². The Morgan fingerprint density at radius 3 is 3.04 bits per heavy atom. The van der Waals surface area contributed by atoms with Crippen molar-refractivity contribution in [2.45, 2.75) is 31.6 Å². The van der Waals surface area contributed by atoms with E-state index in [1.54, 1.807) is 12.5 Å². The Bertz CT molecular complexity index is 827. The fraction of sp³-hybridized carbons (Fsp3) is 0.368. The average Bonchev–Trinajstić information content (AvgIpc) is 3.10. The maximum atomic E-state index is 12.6. The number of carbonyl (C=O) groups excluding carboxylic acids is 1. The molecule has 1 unspecified atom stereocenters. The fourth-order valence-electron chi connectivity index (χ4n) is 3.49. The number of para-hydroxylation sites is 2. The van der Waals surface area contributed by atoms with Gasteiger partial charge >= 0.3 is 0 Å². The zero-order valence-corrected chi connectivity index (χ0v) is 14.1. The first-order valence-electron chi connectivity index (χ1n) is 8.77. The van der Waals surface area contributed by atoms with E-state index in [1.807, 2.05) is 35.2 Å². The van der Waals surface area contributed by atoms with Gasteiger partial charge in [-0.25, -0.2) is 15.0 Å². The standard InChI is InChI=1S/C19H21N5O/c25-19(8-7-18-22-16-5-1-2-6-17(16)23-18)24-11-3-4-14(12-24)15-9-10-20-13-21-15/h1-2,5-6,9-10,13-14H,3-4,7-8,11-12H2,(H,22,23). The molecule has 1 amide bonds. The van der Waals surface area contributed by atoms with Crippen molar-refractivity contribution in [2.24, 2.45) is 0 Å². The second-order valence-electron chi connectivity index (χ2n) is 6.51. The summed E-state index contributed by atoms with van der Waals surface area (Å²) >= 11 is 0. The Labute approximate surface area is 146 Å². The number of amides is 1. The lowest BCUT2D eigenvalue weighted by atomic mass is 9.94. The smallest absolute Gasteiger partial charge is 0.223 e. The number of fused-ring (bicyclic) bond motifs is 1. The quantitative estimate of drug-likeness (QED) is 0.795. The van der Waals surface area contributed by atoms with Gasteiger partial charge in [0.1, 0.15) is 12.2 Å². The number of rotatable bonds is 4. The summed E-state index contributed by atoms with van der Waals surface area (Å²) in [6.07, 6.45) is 6.57. The predicted octanol–water partition coefficient (Wildman–Crippen LogP) is 2.69. The summed E-state index contributed by atoms with van der Waals surface area (Å²) < 4.78 is 0. The van der Waals surface area contributed by atoms with Crippen molar-refractivity contribution in [2.75, 3.05) is 13.1 Å². The summed E-state index contributed by atoms with van der Waals surface area (Å²) in [5.74, 6) is 1.38. The van der Waals surface area contributed by atoms with E-state index >= 15 is 0 Å². The van der Waals surface area contributed by atoms with Gasteiger partial charge in [0.15, 0.2) is 0 Å². The lowest BCUT2D eigenvalue weighted by Gasteiger charge is -2.32. The molecule has 0 saturated carbocycles. The van der Waals surface area contributed by atoms with E-state index in [4.69, 9.17) is 0 Å². The average molecular weight is 335 g/mol. The fourth-order valence-corrected chi connectivity index (χ4v) is 3.49. The summed E-state index contributed by atoms with van der Waals surface area (Å²) in [6.45, 7) is 1.58. The topological polar surface area (TPSA) is 74.8 Å². The highest BCUT2D eigenvalue weighted by atomic mass is 16.2. The van der Waals surface area contributed by atoms with E-state index in [0.717, 1.165) is 48.5 Å². The molecular weight excluding hydrogens is 314 g/mol. The van der Waals surface area contributed by atoms with Crippen LogP contribution in [0.4, 0.5) is 0 Å². The number of nitrogens with zero attached hydrogens (tertiary/aromatic N) is 4. The number of nitrogens with one attached hydrogen (secondary N) is 1. The summed E-state index contributed by atoms with van der Waals surface area (Å²) in [4.78, 5) is 30.7. The van der Waals surface area contributed by atoms with Crippen LogP contribution in [0.15, 0.2) is 42.9 Å². The van der Waals surface area contributed by atoms with E-state index in [0.29, 0.717) is 18.8 Å². The number of piperidine rings is 1. The highest BCUT2D eigenvalue weighted by Crippen LogP contribution is 2.25. The first kappa shape index (κ1) is 15.7. The monoisotopic (exact) mass is 335 g/mol. The lowest BCUT2D eigenvalue weighted by Crippen LogP contribution is -2.39. The van der Waals surface area contributed by atoms with Crippen molar-refractivity contribution < 1.29 is 4.79 Å². The molecular formula is C19H21N5O. The molecule has 6 nitrogen and oxygen atoms in total. The van der Waals surface area contributed by atoms with Gasteiger partial charge in [0, 0.05) is 43.7 Å². The van der Waals surface area contributed by atoms with E-state index in [-0.39, 0.29) is 5.91 Å². The second kappa shape index (κ2) is 7.01. The Kier molecular flexibility index (Phi) is 4.41. The maximum Gasteiger partial charge on any atom is 0.223 e. The van der Waals surface area contributed by atoms with Gasteiger partial charge in [0.2, 0.25) is 5.91 Å². The molecule has 0 spiro atoms. The SMILES string of the molecule is O=C(CCc1nc2ccccc2[nH]1)N1CCCC(c2ccncn2)C1. The van der Waals surface area contributed by atoms with Crippen LogP contribution in [0, 0.1) is 0 Å². The molecule has 0 bridgehead atoms. The van der Waals surface area contributed by atoms with Crippen LogP contribution >= 0.6 is 0 Å². The molecule has 0 radical (unpaired) electrons. The van der Waals surface area contributed by atoms with Gasteiger partial charge in [-0.15, -0.1) is 0 Å². The number of likely N-dealkylation sites (tertiary alicyclic amines) is 1. The number of H-pyrrole nitrogens is 1. The largest absolute Gasteiger partial charge is 0.342 e. The Morgan fingerprint density at radius 2 is 2.20 bits per heavy atom. The Balaban J connectivity index is 1.37. The zero-order valence-electron chi connectivity index (χ0n) is 14.1. The van der Waals surface area contributed by atoms with E-state index in [2.05, 4.69) is 19.9 Å². The van der Waals surface area contributed by atoms with Crippen LogP contribution in [0.1, 0.15) is 36.7 Å². The van der Waals surface area contributed by atoms with Crippen LogP contribution in [0.25, 0.3) is 11.0 Å². The van der Waals surface area contributed by atoms with Crippen molar-refractivity contribution in [1.82, 2.24) is 24.8 Å². The minimum atomic E-state index is 0.194. The van der Waals surface area contributed by atoms with Crippen LogP contribution in [-0.2, 0) is 11.2 Å². The van der Waals surface area contributed by atoms with Crippen LogP contribution in [-0.4, -0.2) is 43.8 Å². The number of aromatic amines is 1. The van der Waals surface area contributed by atoms with Gasteiger partial charge in [-0.05, 0) is 31.0 Å². The number of aryl methyl sites for hydroxylation is 1. The molecule has 4 rings (SSSR count). The Morgan fingerprint density at radius 1 is 1.28 bits per heavy atom. The molecule has 1 aliphatic heterocycles. The van der Waals surface area contributed by atoms with Gasteiger partial charge in [-0.3, -0.25) is 4.79 Å². The minimum Gasteiger partial charge on any atom is -0.342 e. The van der Waals surface area contributed by atoms with Crippen molar-refractivity contribution in [1.29, 1.82) is 0 Å². The number of hydrogen-bond donors (Lipinski definition) is 1. The van der Waals surface area contributed by atoms with Crippen LogP contribution in [0.5, 0.6) is 0 Å². The number of carbonyl (C=O) groups is 1. The number of imidazole rings is 1. The third-order valence-electron chi connectivity index (χ3n) is 4.81. The van der Waals surface area contributed by atoms with Crippen LogP contribution < -0.4 is 0 Å². The summed E-state index contributed by atoms with van der Waals surface area (Å²) in [6, 6.07) is 9.89. The molecule has 128 valence electrons. The summed E-state index contributed by atoms with van der Waals surface area (Å²) in [5.41, 5.74) is 3.00. The molecule has 1 N–H and O–H groups in total. The summed E-state index contributed by atoms with van der Waals surface area (Å²) in [7, 11) is 0. The molecule has 3 aromatic rings. The molecule has 1 saturated heterocycles. The van der Waals surface area contributed by atoms with Crippen LogP contribution in [0.3, 0.4) is 0 Å². The van der Waals surface area contributed by atoms with Gasteiger partial charge in [0.25, 0.3) is 0 Å². The van der Waals surface area contributed by atoms with E-state index in [1.165, 1.54) is 0 Å². The molecule has 1 aromatic carbocycles. The maximum absolute atomic E-state index is 12.6. The van der Waals surface area contributed by atoms with Gasteiger partial charge in [-0.2, -0.15) is 0 Å². The first-order chi connectivity index (χ1) is 12.3. The number of hydrogen-bond acceptors (Lipinski definition) is 4. The molecule has 1 fully saturated rings. The van der Waals surface area contributed by atoms with Gasteiger partial charge < -0.3 is 9.88 Å². The number of benzene rings is 1. The first-order valence-corrected chi connectivity index (χ1v) is 8.77. The number of aromatic nitrogens is 4. The molecule has 25 heavy (non-hydrogen) atoms. The molecule has 2 aromatic heterocycles.